The highest BCUT2D eigenvalue weighted by molar-refractivity contribution is 6.00. The Bertz CT molecular complexity index is 639. The van der Waals surface area contributed by atoms with Crippen molar-refractivity contribution >= 4 is 17.5 Å². The molecule has 1 aliphatic rings. The number of likely N-dealkylation sites (tertiary alicyclic amines) is 1. The number of carbonyl (C=O) groups is 1. The largest absolute Gasteiger partial charge is 0.500 e. The number of nitro benzene ring substituents is 1. The molecule has 0 atom stereocenters. The Morgan fingerprint density at radius 3 is 2.86 bits per heavy atom. The van der Waals surface area contributed by atoms with Gasteiger partial charge in [0, 0.05) is 31.1 Å². The summed E-state index contributed by atoms with van der Waals surface area (Å²) in [5.74, 6) is -0.423. The van der Waals surface area contributed by atoms with Gasteiger partial charge in [0.05, 0.1) is 11.5 Å². The van der Waals surface area contributed by atoms with Gasteiger partial charge in [-0.05, 0) is 31.7 Å². The maximum Gasteiger partial charge on any atom is 0.315 e. The van der Waals surface area contributed by atoms with Crippen molar-refractivity contribution in [2.45, 2.75) is 13.3 Å². The normalized spacial score (nSPS) is 17.7. The molecule has 118 valence electrons. The molecule has 1 N–H and O–H groups in total. The van der Waals surface area contributed by atoms with Crippen LogP contribution in [0.25, 0.3) is 6.08 Å². The minimum Gasteiger partial charge on any atom is -0.500 e. The molecular weight excluding hydrogens is 288 g/mol. The average Bonchev–Trinajstić information content (AvgIpc) is 2.46. The van der Waals surface area contributed by atoms with E-state index in [1.54, 1.807) is 13.0 Å². The quantitative estimate of drug-likeness (QED) is 0.519. The van der Waals surface area contributed by atoms with Gasteiger partial charge in [-0.2, -0.15) is 0 Å². The number of nitrogens with zero attached hydrogens (tertiary/aromatic N) is 2. The van der Waals surface area contributed by atoms with Crippen molar-refractivity contribution in [3.05, 3.63) is 33.4 Å². The molecule has 2 rings (SSSR count). The average molecular weight is 306 g/mol. The third kappa shape index (κ3) is 3.43. The standard InChI is InChI=1S/C15H18N2O5/c1-3-22-14-8-10(7-12(15(14)19)17(20)21)6-11-9-16(2)5-4-13(11)18/h6-8,19H,3-5,9H2,1-2H3/b11-6+. The molecule has 1 aromatic rings. The number of nitro groups is 1. The SMILES string of the molecule is CCOc1cc(/C=C2\CN(C)CCC2=O)cc([N+](=O)[O-])c1O. The Balaban J connectivity index is 2.46. The number of hydrogen-bond donors (Lipinski definition) is 1. The number of benzene rings is 1. The molecule has 1 aromatic carbocycles. The maximum atomic E-state index is 11.9. The Morgan fingerprint density at radius 2 is 2.23 bits per heavy atom. The molecule has 0 aliphatic carbocycles. The fourth-order valence-corrected chi connectivity index (χ4v) is 2.34. The van der Waals surface area contributed by atoms with E-state index in [1.807, 2.05) is 11.9 Å². The van der Waals surface area contributed by atoms with E-state index in [4.69, 9.17) is 4.74 Å². The number of ether oxygens (including phenoxy) is 1. The molecule has 0 spiro atoms. The fourth-order valence-electron chi connectivity index (χ4n) is 2.34. The first-order chi connectivity index (χ1) is 10.4. The fraction of sp³-hybridized carbons (Fsp3) is 0.400. The van der Waals surface area contributed by atoms with E-state index < -0.39 is 16.4 Å². The summed E-state index contributed by atoms with van der Waals surface area (Å²) >= 11 is 0. The van der Waals surface area contributed by atoms with Gasteiger partial charge in [-0.25, -0.2) is 0 Å². The van der Waals surface area contributed by atoms with Gasteiger partial charge in [0.1, 0.15) is 0 Å². The lowest BCUT2D eigenvalue weighted by Crippen LogP contribution is -2.32. The van der Waals surface area contributed by atoms with Crippen molar-refractivity contribution in [2.75, 3.05) is 26.7 Å². The van der Waals surface area contributed by atoms with Crippen molar-refractivity contribution in [3.8, 4) is 11.5 Å². The zero-order chi connectivity index (χ0) is 16.3. The summed E-state index contributed by atoms with van der Waals surface area (Å²) in [5, 5.41) is 20.9. The van der Waals surface area contributed by atoms with Gasteiger partial charge in [0.2, 0.25) is 5.75 Å². The molecule has 0 saturated carbocycles. The second-order valence-corrected chi connectivity index (χ2v) is 5.16. The van der Waals surface area contributed by atoms with Crippen LogP contribution in [0.2, 0.25) is 0 Å². The number of carbonyl (C=O) groups excluding carboxylic acids is 1. The van der Waals surface area contributed by atoms with Crippen molar-refractivity contribution in [1.82, 2.24) is 4.90 Å². The number of Topliss-reactive ketones (excluding diaryl/α,β-unsaturated/α-hetero) is 1. The maximum absolute atomic E-state index is 11.9. The number of hydrogen-bond acceptors (Lipinski definition) is 6. The first-order valence-electron chi connectivity index (χ1n) is 6.99. The Kier molecular flexibility index (Phi) is 4.77. The third-order valence-corrected chi connectivity index (χ3v) is 3.43. The van der Waals surface area contributed by atoms with Crippen LogP contribution in [0.5, 0.6) is 11.5 Å². The zero-order valence-electron chi connectivity index (χ0n) is 12.5. The molecule has 0 aromatic heterocycles. The number of phenolic OH excluding ortho intramolecular Hbond substituents is 1. The Morgan fingerprint density at radius 1 is 1.50 bits per heavy atom. The van der Waals surface area contributed by atoms with Crippen molar-refractivity contribution in [3.63, 3.8) is 0 Å². The van der Waals surface area contributed by atoms with Crippen LogP contribution in [0.4, 0.5) is 5.69 Å². The van der Waals surface area contributed by atoms with Crippen LogP contribution in [-0.4, -0.2) is 47.5 Å². The van der Waals surface area contributed by atoms with Gasteiger partial charge in [-0.15, -0.1) is 0 Å². The Labute approximate surface area is 128 Å². The number of likely N-dealkylation sites (N-methyl/N-ethyl adjacent to an activating group) is 1. The number of rotatable bonds is 4. The van der Waals surface area contributed by atoms with E-state index in [-0.39, 0.29) is 18.1 Å². The molecule has 0 unspecified atom stereocenters. The second-order valence-electron chi connectivity index (χ2n) is 5.16. The van der Waals surface area contributed by atoms with Crippen LogP contribution >= 0.6 is 0 Å². The van der Waals surface area contributed by atoms with Gasteiger partial charge in [0.15, 0.2) is 11.5 Å². The van der Waals surface area contributed by atoms with Crippen LogP contribution in [0, 0.1) is 10.1 Å². The summed E-state index contributed by atoms with van der Waals surface area (Å²) in [5.41, 5.74) is 0.622. The van der Waals surface area contributed by atoms with E-state index in [1.165, 1.54) is 12.1 Å². The monoisotopic (exact) mass is 306 g/mol. The lowest BCUT2D eigenvalue weighted by atomic mass is 10.0. The summed E-state index contributed by atoms with van der Waals surface area (Å²) in [6, 6.07) is 2.74. The highest BCUT2D eigenvalue weighted by atomic mass is 16.6. The van der Waals surface area contributed by atoms with Gasteiger partial charge < -0.3 is 14.7 Å². The van der Waals surface area contributed by atoms with Crippen LogP contribution in [0.1, 0.15) is 18.9 Å². The number of ketones is 1. The predicted molar refractivity (Wildman–Crippen MR) is 81.0 cm³/mol. The van der Waals surface area contributed by atoms with Crippen LogP contribution in [0.3, 0.4) is 0 Å². The molecule has 1 aliphatic heterocycles. The van der Waals surface area contributed by atoms with Crippen LogP contribution in [0.15, 0.2) is 17.7 Å². The van der Waals surface area contributed by atoms with E-state index >= 15 is 0 Å². The first-order valence-corrected chi connectivity index (χ1v) is 6.99. The minimum absolute atomic E-state index is 0.0341. The number of aromatic hydroxyl groups is 1. The molecule has 1 heterocycles. The van der Waals surface area contributed by atoms with Crippen molar-refractivity contribution in [1.29, 1.82) is 0 Å². The zero-order valence-corrected chi connectivity index (χ0v) is 12.5. The first kappa shape index (κ1) is 16.0. The van der Waals surface area contributed by atoms with Gasteiger partial charge in [-0.3, -0.25) is 14.9 Å². The number of phenols is 1. The molecule has 1 saturated heterocycles. The molecule has 0 bridgehead atoms. The smallest absolute Gasteiger partial charge is 0.315 e. The highest BCUT2D eigenvalue weighted by Gasteiger charge is 2.22. The predicted octanol–water partition coefficient (Wildman–Crippen LogP) is 1.99. The summed E-state index contributed by atoms with van der Waals surface area (Å²) < 4.78 is 5.23. The van der Waals surface area contributed by atoms with Crippen LogP contribution < -0.4 is 4.74 Å². The lowest BCUT2D eigenvalue weighted by molar-refractivity contribution is -0.386. The summed E-state index contributed by atoms with van der Waals surface area (Å²) in [6.45, 7) is 3.19. The molecule has 7 nitrogen and oxygen atoms in total. The third-order valence-electron chi connectivity index (χ3n) is 3.43. The molecule has 1 fully saturated rings. The second kappa shape index (κ2) is 6.57. The molecule has 7 heteroatoms. The molecule has 0 radical (unpaired) electrons. The molecule has 22 heavy (non-hydrogen) atoms. The minimum atomic E-state index is -0.672. The van der Waals surface area contributed by atoms with Crippen molar-refractivity contribution in [2.24, 2.45) is 0 Å². The molecular formula is C15H18N2O5. The van der Waals surface area contributed by atoms with E-state index in [9.17, 15) is 20.0 Å². The van der Waals surface area contributed by atoms with Gasteiger partial charge >= 0.3 is 5.69 Å². The van der Waals surface area contributed by atoms with Gasteiger partial charge in [-0.1, -0.05) is 0 Å². The number of piperidine rings is 1. The summed E-state index contributed by atoms with van der Waals surface area (Å²) in [7, 11) is 1.91. The topological polar surface area (TPSA) is 92.9 Å². The van der Waals surface area contributed by atoms with Crippen LogP contribution in [-0.2, 0) is 4.79 Å². The van der Waals surface area contributed by atoms with Crippen molar-refractivity contribution < 1.29 is 19.6 Å². The Hall–Kier alpha value is -2.41. The lowest BCUT2D eigenvalue weighted by Gasteiger charge is -2.23. The van der Waals surface area contributed by atoms with E-state index in [2.05, 4.69) is 0 Å². The highest BCUT2D eigenvalue weighted by Crippen LogP contribution is 2.37. The van der Waals surface area contributed by atoms with Gasteiger partial charge in [0.25, 0.3) is 0 Å². The van der Waals surface area contributed by atoms with E-state index in [0.717, 1.165) is 0 Å². The summed E-state index contributed by atoms with van der Waals surface area (Å²) in [6.07, 6.45) is 2.05. The summed E-state index contributed by atoms with van der Waals surface area (Å²) in [4.78, 5) is 24.3. The van der Waals surface area contributed by atoms with E-state index in [0.29, 0.717) is 30.6 Å². The molecule has 0 amide bonds.